The zero-order valence-electron chi connectivity index (χ0n) is 29.6. The van der Waals surface area contributed by atoms with Gasteiger partial charge in [0.1, 0.15) is 22.2 Å². The van der Waals surface area contributed by atoms with Crippen LogP contribution in [0.3, 0.4) is 0 Å². The van der Waals surface area contributed by atoms with Gasteiger partial charge in [0.2, 0.25) is 0 Å². The molecule has 0 fully saturated rings. The van der Waals surface area contributed by atoms with E-state index >= 15 is 0 Å². The van der Waals surface area contributed by atoms with Crippen LogP contribution >= 0.6 is 0 Å². The molecule has 0 aliphatic heterocycles. The number of hydrogen-bond acceptors (Lipinski definition) is 5. The van der Waals surface area contributed by atoms with Crippen molar-refractivity contribution in [2.24, 2.45) is 0 Å². The highest BCUT2D eigenvalue weighted by molar-refractivity contribution is 6.13. The van der Waals surface area contributed by atoms with Crippen LogP contribution in [-0.4, -0.2) is 15.0 Å². The van der Waals surface area contributed by atoms with Crippen LogP contribution < -0.4 is 10.6 Å². The van der Waals surface area contributed by atoms with E-state index in [2.05, 4.69) is 127 Å². The first-order valence-corrected chi connectivity index (χ1v) is 18.5. The first kappa shape index (κ1) is 31.2. The summed E-state index contributed by atoms with van der Waals surface area (Å²) in [6, 6.07) is 54.1. The van der Waals surface area contributed by atoms with Crippen molar-refractivity contribution in [1.82, 2.24) is 15.0 Å². The molecular formula is C50H31N3O2. The summed E-state index contributed by atoms with van der Waals surface area (Å²) in [6.45, 7) is 0. The molecule has 0 amide bonds. The fourth-order valence-electron chi connectivity index (χ4n) is 7.86. The van der Waals surface area contributed by atoms with Crippen LogP contribution in [0.25, 0.3) is 107 Å². The first-order valence-electron chi connectivity index (χ1n) is 18.5. The number of hydrogen-bond donors (Lipinski definition) is 0. The number of furan rings is 2. The highest BCUT2D eigenvalue weighted by Gasteiger charge is 2.19. The average Bonchev–Trinajstić information content (AvgIpc) is 3.73. The quantitative estimate of drug-likeness (QED) is 0.178. The van der Waals surface area contributed by atoms with Crippen molar-refractivity contribution in [2.75, 3.05) is 0 Å². The van der Waals surface area contributed by atoms with Crippen molar-refractivity contribution in [3.63, 3.8) is 0 Å². The van der Waals surface area contributed by atoms with E-state index in [1.165, 1.54) is 5.39 Å². The topological polar surface area (TPSA) is 65.0 Å². The molecule has 11 rings (SSSR count). The van der Waals surface area contributed by atoms with Gasteiger partial charge in [0, 0.05) is 43.5 Å². The lowest BCUT2D eigenvalue weighted by atomic mass is 9.99. The normalized spacial score (nSPS) is 12.7. The third-order valence-electron chi connectivity index (χ3n) is 10.6. The highest BCUT2D eigenvalue weighted by atomic mass is 16.3. The predicted molar refractivity (Wildman–Crippen MR) is 223 cm³/mol. The van der Waals surface area contributed by atoms with Crippen molar-refractivity contribution in [2.45, 2.75) is 6.42 Å². The molecule has 3 heterocycles. The van der Waals surface area contributed by atoms with Crippen LogP contribution in [0.1, 0.15) is 12.0 Å². The van der Waals surface area contributed by atoms with Gasteiger partial charge in [-0.2, -0.15) is 0 Å². The summed E-state index contributed by atoms with van der Waals surface area (Å²) >= 11 is 0. The average molecular weight is 706 g/mol. The van der Waals surface area contributed by atoms with Crippen LogP contribution in [-0.2, 0) is 0 Å². The molecule has 0 saturated heterocycles. The van der Waals surface area contributed by atoms with E-state index in [9.17, 15) is 0 Å². The van der Waals surface area contributed by atoms with E-state index in [-0.39, 0.29) is 0 Å². The van der Waals surface area contributed by atoms with Gasteiger partial charge in [-0.1, -0.05) is 146 Å². The Kier molecular flexibility index (Phi) is 7.17. The van der Waals surface area contributed by atoms with Gasteiger partial charge in [-0.25, -0.2) is 15.0 Å². The van der Waals surface area contributed by atoms with Crippen molar-refractivity contribution >= 4 is 61.4 Å². The molecule has 0 saturated carbocycles. The molecule has 5 nitrogen and oxygen atoms in total. The number of rotatable bonds is 5. The summed E-state index contributed by atoms with van der Waals surface area (Å²) in [6.07, 6.45) is 7.49. The zero-order chi connectivity index (χ0) is 36.3. The number of nitrogens with zero attached hydrogens (tertiary/aromatic N) is 3. The molecule has 258 valence electrons. The standard InChI is InChI=1S/C50H31N3O2/c1-3-11-31(12-4-1)32-21-23-35(24-22-32)49-51-48(34-14-5-2-6-15-34)52-50(53-49)41-19-10-20-44-46(41)42-29-37(26-28-43(42)54-44)36-16-9-18-39-40-27-25-33-13-7-8-17-38(33)47(40)55-45(39)30-36/h1-8,10-30H,9H2. The van der Waals surface area contributed by atoms with E-state index in [4.69, 9.17) is 23.8 Å². The van der Waals surface area contributed by atoms with E-state index in [1.54, 1.807) is 0 Å². The summed E-state index contributed by atoms with van der Waals surface area (Å²) in [7, 11) is 0. The van der Waals surface area contributed by atoms with Gasteiger partial charge in [0.15, 0.2) is 17.5 Å². The zero-order valence-corrected chi connectivity index (χ0v) is 29.6. The second kappa shape index (κ2) is 12.6. The van der Waals surface area contributed by atoms with E-state index in [0.29, 0.717) is 17.5 Å². The van der Waals surface area contributed by atoms with Crippen LogP contribution in [0, 0.1) is 0 Å². The van der Waals surface area contributed by atoms with Gasteiger partial charge in [0.25, 0.3) is 0 Å². The lowest BCUT2D eigenvalue weighted by molar-refractivity contribution is 0.579. The van der Waals surface area contributed by atoms with E-state index < -0.39 is 0 Å². The number of allylic oxidation sites excluding steroid dienone is 2. The van der Waals surface area contributed by atoms with Gasteiger partial charge in [-0.3, -0.25) is 0 Å². The molecule has 7 aromatic carbocycles. The third-order valence-corrected chi connectivity index (χ3v) is 10.6. The van der Waals surface area contributed by atoms with Crippen molar-refractivity contribution in [1.29, 1.82) is 0 Å². The molecule has 0 spiro atoms. The lowest BCUT2D eigenvalue weighted by Crippen LogP contribution is -2.19. The molecule has 0 bridgehead atoms. The molecule has 1 aliphatic rings. The fourth-order valence-corrected chi connectivity index (χ4v) is 7.86. The molecule has 0 atom stereocenters. The Morgan fingerprint density at radius 2 is 1.11 bits per heavy atom. The Labute approximate surface area is 315 Å². The van der Waals surface area contributed by atoms with Crippen molar-refractivity contribution in [3.8, 4) is 45.3 Å². The number of fused-ring (bicyclic) bond motifs is 8. The van der Waals surface area contributed by atoms with Crippen molar-refractivity contribution in [3.05, 3.63) is 180 Å². The highest BCUT2D eigenvalue weighted by Crippen LogP contribution is 2.38. The van der Waals surface area contributed by atoms with Gasteiger partial charge >= 0.3 is 0 Å². The Morgan fingerprint density at radius 1 is 0.436 bits per heavy atom. The molecule has 1 aliphatic carbocycles. The minimum atomic E-state index is 0.587. The van der Waals surface area contributed by atoms with Gasteiger partial charge in [-0.15, -0.1) is 0 Å². The van der Waals surface area contributed by atoms with Gasteiger partial charge in [-0.05, 0) is 64.4 Å². The summed E-state index contributed by atoms with van der Waals surface area (Å²) in [5.41, 5.74) is 10.6. The first-order chi connectivity index (χ1) is 27.2. The molecule has 10 aromatic rings. The van der Waals surface area contributed by atoms with Gasteiger partial charge in [0.05, 0.1) is 0 Å². The molecular weight excluding hydrogens is 675 g/mol. The number of aromatic nitrogens is 3. The number of benzene rings is 7. The Bertz CT molecular complexity index is 3270. The fraction of sp³-hybridized carbons (Fsp3) is 0.0200. The molecule has 3 aromatic heterocycles. The Hall–Kier alpha value is -7.37. The van der Waals surface area contributed by atoms with E-state index in [0.717, 1.165) is 94.3 Å². The molecule has 55 heavy (non-hydrogen) atoms. The second-order valence-corrected chi connectivity index (χ2v) is 13.9. The molecule has 0 N–H and O–H groups in total. The van der Waals surface area contributed by atoms with Crippen LogP contribution in [0.4, 0.5) is 0 Å². The summed E-state index contributed by atoms with van der Waals surface area (Å²) < 4.78 is 13.1. The third kappa shape index (κ3) is 5.36. The molecule has 5 heteroatoms. The smallest absolute Gasteiger partial charge is 0.164 e. The maximum absolute atomic E-state index is 6.61. The van der Waals surface area contributed by atoms with E-state index in [1.807, 2.05) is 48.5 Å². The predicted octanol–water partition coefficient (Wildman–Crippen LogP) is 11.4. The minimum Gasteiger partial charge on any atom is -0.456 e. The maximum atomic E-state index is 6.61. The van der Waals surface area contributed by atoms with Crippen molar-refractivity contribution < 1.29 is 8.83 Å². The minimum absolute atomic E-state index is 0.587. The monoisotopic (exact) mass is 705 g/mol. The largest absolute Gasteiger partial charge is 0.456 e. The molecule has 0 unspecified atom stereocenters. The lowest BCUT2D eigenvalue weighted by Gasteiger charge is -2.10. The summed E-state index contributed by atoms with van der Waals surface area (Å²) in [5.74, 6) is 1.81. The van der Waals surface area contributed by atoms with Crippen LogP contribution in [0.15, 0.2) is 173 Å². The molecule has 0 radical (unpaired) electrons. The summed E-state index contributed by atoms with van der Waals surface area (Å²) in [5, 5.41) is 6.53. The maximum Gasteiger partial charge on any atom is 0.164 e. The summed E-state index contributed by atoms with van der Waals surface area (Å²) in [4.78, 5) is 15.2. The SMILES string of the molecule is C1=C(c2ccc3oc4cccc(-c5nc(-c6ccccc6)nc(-c6ccc(-c7ccccc7)cc6)n5)c4c3c2)C=c2oc3c(ccc4ccccc43)c2=CC1. The van der Waals surface area contributed by atoms with Gasteiger partial charge < -0.3 is 8.83 Å². The van der Waals surface area contributed by atoms with Crippen LogP contribution in [0.5, 0.6) is 0 Å². The second-order valence-electron chi connectivity index (χ2n) is 13.9. The van der Waals surface area contributed by atoms with Crippen LogP contribution in [0.2, 0.25) is 0 Å². The Balaban J connectivity index is 1.06. The Morgan fingerprint density at radius 3 is 1.93 bits per heavy atom.